The number of halogens is 2. The molecule has 26 heavy (non-hydrogen) atoms. The van der Waals surface area contributed by atoms with E-state index in [2.05, 4.69) is 4.98 Å². The summed E-state index contributed by atoms with van der Waals surface area (Å²) in [6.07, 6.45) is 3.17. The van der Waals surface area contributed by atoms with Crippen molar-refractivity contribution in [3.05, 3.63) is 45.9 Å². The van der Waals surface area contributed by atoms with Crippen LogP contribution in [0.5, 0.6) is 5.75 Å². The number of aryl methyl sites for hydroxylation is 1. The number of amides is 1. The van der Waals surface area contributed by atoms with Gasteiger partial charge < -0.3 is 15.4 Å². The Balaban J connectivity index is 0.00000169. The maximum Gasteiger partial charge on any atom is 0.254 e. The summed E-state index contributed by atoms with van der Waals surface area (Å²) >= 11 is 1.61. The molecule has 1 aliphatic heterocycles. The average molecular weight is 418 g/mol. The number of nitrogens with two attached hydrogens (primary N) is 1. The maximum atomic E-state index is 12.8. The van der Waals surface area contributed by atoms with Crippen LogP contribution >= 0.6 is 36.2 Å². The number of carbonyl (C=O) groups excluding carboxylic acids is 1. The van der Waals surface area contributed by atoms with Crippen molar-refractivity contribution < 1.29 is 9.53 Å². The number of aromatic nitrogens is 1. The van der Waals surface area contributed by atoms with Crippen LogP contribution < -0.4 is 10.5 Å². The summed E-state index contributed by atoms with van der Waals surface area (Å²) in [6, 6.07) is 7.52. The topological polar surface area (TPSA) is 68.5 Å². The predicted octanol–water partition coefficient (Wildman–Crippen LogP) is 3.83. The fourth-order valence-electron chi connectivity index (χ4n) is 3.03. The van der Waals surface area contributed by atoms with E-state index in [1.165, 1.54) is 0 Å². The molecule has 0 bridgehead atoms. The monoisotopic (exact) mass is 417 g/mol. The number of hydrogen-bond donors (Lipinski definition) is 1. The second kappa shape index (κ2) is 10.7. The van der Waals surface area contributed by atoms with Gasteiger partial charge >= 0.3 is 0 Å². The second-order valence-electron chi connectivity index (χ2n) is 6.06. The van der Waals surface area contributed by atoms with Crippen molar-refractivity contribution >= 4 is 42.1 Å². The van der Waals surface area contributed by atoms with Crippen molar-refractivity contribution in [2.45, 2.75) is 38.8 Å². The molecule has 1 saturated heterocycles. The molecule has 0 spiro atoms. The lowest BCUT2D eigenvalue weighted by Gasteiger charge is -2.35. The van der Waals surface area contributed by atoms with Crippen LogP contribution in [0.3, 0.4) is 0 Å². The molecule has 1 aromatic carbocycles. The summed E-state index contributed by atoms with van der Waals surface area (Å²) in [5, 5.41) is 3.01. The van der Waals surface area contributed by atoms with E-state index in [-0.39, 0.29) is 36.8 Å². The molecule has 2 aromatic rings. The highest BCUT2D eigenvalue weighted by atomic mass is 35.5. The molecular formula is C18H25Cl2N3O2S. The fourth-order valence-corrected chi connectivity index (χ4v) is 3.63. The normalized spacial score (nSPS) is 16.4. The highest BCUT2D eigenvalue weighted by Crippen LogP contribution is 2.22. The summed E-state index contributed by atoms with van der Waals surface area (Å²) in [6.45, 7) is 3.69. The van der Waals surface area contributed by atoms with Gasteiger partial charge in [-0.2, -0.15) is 0 Å². The number of ether oxygens (including phenoxy) is 1. The highest BCUT2D eigenvalue weighted by molar-refractivity contribution is 7.09. The van der Waals surface area contributed by atoms with Gasteiger partial charge in [-0.25, -0.2) is 4.98 Å². The van der Waals surface area contributed by atoms with Gasteiger partial charge in [-0.1, -0.05) is 6.07 Å². The van der Waals surface area contributed by atoms with Crippen molar-refractivity contribution in [3.63, 3.8) is 0 Å². The Labute approximate surface area is 170 Å². The number of benzene rings is 1. The van der Waals surface area contributed by atoms with Crippen molar-refractivity contribution in [3.8, 4) is 5.75 Å². The van der Waals surface area contributed by atoms with Crippen LogP contribution in [0.15, 0.2) is 29.6 Å². The van der Waals surface area contributed by atoms with Gasteiger partial charge in [0.2, 0.25) is 0 Å². The lowest BCUT2D eigenvalue weighted by molar-refractivity contribution is 0.0623. The first-order valence-electron chi connectivity index (χ1n) is 8.32. The molecule has 144 valence electrons. The Morgan fingerprint density at radius 2 is 2.19 bits per heavy atom. The summed E-state index contributed by atoms with van der Waals surface area (Å²) in [7, 11) is 0. The number of nitrogens with zero attached hydrogens (tertiary/aromatic N) is 2. The third-order valence-corrected chi connectivity index (χ3v) is 5.12. The van der Waals surface area contributed by atoms with Crippen LogP contribution in [0.25, 0.3) is 0 Å². The first kappa shape index (κ1) is 22.7. The Bertz CT molecular complexity index is 711. The fraction of sp³-hybridized carbons (Fsp3) is 0.444. The first-order valence-corrected chi connectivity index (χ1v) is 9.20. The van der Waals surface area contributed by atoms with Crippen LogP contribution in [0.2, 0.25) is 0 Å². The number of piperidine rings is 1. The zero-order valence-corrected chi connectivity index (χ0v) is 17.2. The van der Waals surface area contributed by atoms with Gasteiger partial charge in [0, 0.05) is 30.1 Å². The molecule has 0 aliphatic carbocycles. The van der Waals surface area contributed by atoms with Crippen molar-refractivity contribution in [2.75, 3.05) is 13.1 Å². The molecule has 2 heterocycles. The summed E-state index contributed by atoms with van der Waals surface area (Å²) in [5.41, 5.74) is 7.39. The maximum absolute atomic E-state index is 12.8. The summed E-state index contributed by atoms with van der Waals surface area (Å²) in [5.74, 6) is 0.730. The summed E-state index contributed by atoms with van der Waals surface area (Å²) in [4.78, 5) is 19.1. The van der Waals surface area contributed by atoms with Crippen molar-refractivity contribution in [2.24, 2.45) is 5.73 Å². The molecular weight excluding hydrogens is 393 g/mol. The Kier molecular flexibility index (Phi) is 9.36. The van der Waals surface area contributed by atoms with Gasteiger partial charge in [0.1, 0.15) is 12.4 Å². The molecule has 2 N–H and O–H groups in total. The lowest BCUT2D eigenvalue weighted by atomic mass is 10.0. The van der Waals surface area contributed by atoms with Gasteiger partial charge in [-0.15, -0.1) is 36.2 Å². The molecule has 1 atom stereocenters. The van der Waals surface area contributed by atoms with Gasteiger partial charge in [0.05, 0.1) is 10.7 Å². The number of thiazole rings is 1. The largest absolute Gasteiger partial charge is 0.487 e. The smallest absolute Gasteiger partial charge is 0.254 e. The summed E-state index contributed by atoms with van der Waals surface area (Å²) < 4.78 is 5.79. The first-order chi connectivity index (χ1) is 11.7. The number of carbonyl (C=O) groups is 1. The third-order valence-electron chi connectivity index (χ3n) is 4.29. The minimum atomic E-state index is 0. The molecule has 8 heteroatoms. The van der Waals surface area contributed by atoms with Crippen molar-refractivity contribution in [1.82, 2.24) is 9.88 Å². The molecule has 1 unspecified atom stereocenters. The predicted molar refractivity (Wildman–Crippen MR) is 110 cm³/mol. The zero-order chi connectivity index (χ0) is 16.9. The number of hydrogen-bond acceptors (Lipinski definition) is 5. The van der Waals surface area contributed by atoms with E-state index >= 15 is 0 Å². The molecule has 1 aliphatic rings. The van der Waals surface area contributed by atoms with E-state index in [9.17, 15) is 4.79 Å². The van der Waals surface area contributed by atoms with Crippen LogP contribution in [0.1, 0.15) is 40.3 Å². The standard InChI is InChI=1S/C18H23N3O2S.2ClH/c1-13-20-15(12-24-13)11-23-17-7-4-5-14(9-17)18(22)21-8-3-2-6-16(21)10-19;;/h4-5,7,9,12,16H,2-3,6,8,10-11,19H2,1H3;2*1H. The molecule has 1 fully saturated rings. The Morgan fingerprint density at radius 1 is 1.38 bits per heavy atom. The van der Waals surface area contributed by atoms with Crippen LogP contribution in [-0.4, -0.2) is 34.9 Å². The van der Waals surface area contributed by atoms with E-state index in [4.69, 9.17) is 10.5 Å². The molecule has 5 nitrogen and oxygen atoms in total. The van der Waals surface area contributed by atoms with Gasteiger partial charge in [-0.3, -0.25) is 4.79 Å². The van der Waals surface area contributed by atoms with E-state index in [1.807, 2.05) is 41.5 Å². The number of likely N-dealkylation sites (tertiary alicyclic amines) is 1. The molecule has 0 saturated carbocycles. The SMILES string of the molecule is Cc1nc(COc2cccc(C(=O)N3CCCCC3CN)c2)cs1.Cl.Cl. The highest BCUT2D eigenvalue weighted by Gasteiger charge is 2.26. The van der Waals surface area contributed by atoms with E-state index in [0.717, 1.165) is 36.5 Å². The van der Waals surface area contributed by atoms with Gasteiger partial charge in [0.15, 0.2) is 0 Å². The lowest BCUT2D eigenvalue weighted by Crippen LogP contribution is -2.47. The zero-order valence-electron chi connectivity index (χ0n) is 14.7. The van der Waals surface area contributed by atoms with E-state index in [0.29, 0.717) is 24.5 Å². The minimum absolute atomic E-state index is 0. The van der Waals surface area contributed by atoms with Crippen LogP contribution in [0, 0.1) is 6.92 Å². The Hall–Kier alpha value is -1.34. The molecule has 1 aromatic heterocycles. The van der Waals surface area contributed by atoms with E-state index < -0.39 is 0 Å². The van der Waals surface area contributed by atoms with Crippen LogP contribution in [-0.2, 0) is 6.61 Å². The third kappa shape index (κ3) is 5.58. The molecule has 1 amide bonds. The molecule has 3 rings (SSSR count). The van der Waals surface area contributed by atoms with Gasteiger partial charge in [0.25, 0.3) is 5.91 Å². The van der Waals surface area contributed by atoms with Crippen molar-refractivity contribution in [1.29, 1.82) is 0 Å². The Morgan fingerprint density at radius 3 is 2.88 bits per heavy atom. The molecule has 0 radical (unpaired) electrons. The second-order valence-corrected chi connectivity index (χ2v) is 7.12. The quantitative estimate of drug-likeness (QED) is 0.802. The minimum Gasteiger partial charge on any atom is -0.487 e. The van der Waals surface area contributed by atoms with E-state index in [1.54, 1.807) is 11.3 Å². The van der Waals surface area contributed by atoms with Crippen LogP contribution in [0.4, 0.5) is 0 Å². The number of rotatable bonds is 5. The van der Waals surface area contributed by atoms with Gasteiger partial charge in [-0.05, 0) is 44.4 Å². The average Bonchev–Trinajstić information content (AvgIpc) is 3.05.